The molecular formula is C24H37N10O10P. The Hall–Kier alpha value is -3.90. The first-order valence-corrected chi connectivity index (χ1v) is 15.6. The lowest BCUT2D eigenvalue weighted by molar-refractivity contribution is -0.145. The van der Waals surface area contributed by atoms with Crippen molar-refractivity contribution in [3.8, 4) is 5.88 Å². The number of hydrogen-bond acceptors (Lipinski definition) is 14. The first kappa shape index (κ1) is 35.6. The predicted molar refractivity (Wildman–Crippen MR) is 156 cm³/mol. The zero-order chi connectivity index (χ0) is 33.4. The average Bonchev–Trinajstić information content (AvgIpc) is 3.51. The van der Waals surface area contributed by atoms with Crippen molar-refractivity contribution < 1.29 is 47.5 Å². The van der Waals surface area contributed by atoms with Gasteiger partial charge in [0, 0.05) is 4.91 Å². The van der Waals surface area contributed by atoms with E-state index >= 15 is 0 Å². The van der Waals surface area contributed by atoms with E-state index in [1.807, 2.05) is 0 Å². The molecule has 1 fully saturated rings. The first-order valence-electron chi connectivity index (χ1n) is 14.0. The molecule has 2 aromatic rings. The summed E-state index contributed by atoms with van der Waals surface area (Å²) in [6.45, 7) is 8.89. The van der Waals surface area contributed by atoms with Crippen LogP contribution in [0.4, 0.5) is 5.95 Å². The van der Waals surface area contributed by atoms with Crippen LogP contribution >= 0.6 is 7.67 Å². The number of aliphatic hydroxyl groups is 1. The van der Waals surface area contributed by atoms with Crippen molar-refractivity contribution in [2.75, 3.05) is 31.7 Å². The van der Waals surface area contributed by atoms with Crippen LogP contribution in [-0.4, -0.2) is 99.2 Å². The minimum atomic E-state index is -4.26. The van der Waals surface area contributed by atoms with Crippen molar-refractivity contribution in [1.82, 2.24) is 29.7 Å². The number of imidazole rings is 1. The number of aliphatic hydroxyl groups excluding tert-OH is 1. The largest absolute Gasteiger partial charge is 0.476 e. The Kier molecular flexibility index (Phi) is 12.2. The van der Waals surface area contributed by atoms with Crippen LogP contribution in [0.3, 0.4) is 0 Å². The third-order valence-corrected chi connectivity index (χ3v) is 8.52. The summed E-state index contributed by atoms with van der Waals surface area (Å²) in [7, 11) is -4.26. The van der Waals surface area contributed by atoms with Gasteiger partial charge < -0.3 is 28.6 Å². The zero-order valence-corrected chi connectivity index (χ0v) is 26.5. The summed E-state index contributed by atoms with van der Waals surface area (Å²) in [5, 5.41) is 22.5. The Bertz CT molecular complexity index is 1440. The van der Waals surface area contributed by atoms with Gasteiger partial charge in [-0.3, -0.25) is 28.8 Å². The number of nitrogens with zero attached hydrogens (tertiary/aromatic N) is 7. The number of anilines is 1. The molecule has 45 heavy (non-hydrogen) atoms. The molecular weight excluding hydrogens is 619 g/mol. The van der Waals surface area contributed by atoms with Crippen molar-refractivity contribution in [2.45, 2.75) is 77.6 Å². The Labute approximate surface area is 257 Å². The number of fused-ring (bicyclic) bond motifs is 1. The van der Waals surface area contributed by atoms with Crippen molar-refractivity contribution in [3.05, 3.63) is 16.8 Å². The Balaban J connectivity index is 1.96. The van der Waals surface area contributed by atoms with Gasteiger partial charge in [0.1, 0.15) is 23.7 Å². The lowest BCUT2D eigenvalue weighted by Crippen LogP contribution is -2.44. The van der Waals surface area contributed by atoms with Gasteiger partial charge in [-0.2, -0.15) is 9.97 Å². The Morgan fingerprint density at radius 1 is 1.20 bits per heavy atom. The van der Waals surface area contributed by atoms with Crippen LogP contribution in [-0.2, 0) is 37.7 Å². The van der Waals surface area contributed by atoms with E-state index in [1.54, 1.807) is 20.8 Å². The molecule has 1 unspecified atom stereocenters. The molecule has 1 aliphatic rings. The number of rotatable bonds is 17. The molecule has 0 saturated carbocycles. The summed E-state index contributed by atoms with van der Waals surface area (Å²) in [4.78, 5) is 51.2. The molecule has 7 atom stereocenters. The first-order chi connectivity index (χ1) is 21.4. The summed E-state index contributed by atoms with van der Waals surface area (Å²) >= 11 is 0. The number of amides is 1. The fourth-order valence-electron chi connectivity index (χ4n) is 4.44. The summed E-state index contributed by atoms with van der Waals surface area (Å²) in [5.74, 6) is -1.53. The number of ether oxygens (including phenoxy) is 4. The van der Waals surface area contributed by atoms with Crippen LogP contribution in [0.1, 0.15) is 47.8 Å². The van der Waals surface area contributed by atoms with Crippen LogP contribution < -0.4 is 20.2 Å². The molecule has 0 radical (unpaired) electrons. The van der Waals surface area contributed by atoms with Crippen LogP contribution in [0.15, 0.2) is 11.4 Å². The van der Waals surface area contributed by atoms with Gasteiger partial charge >= 0.3 is 19.6 Å². The molecule has 0 aromatic carbocycles. The highest BCUT2D eigenvalue weighted by Gasteiger charge is 2.55. The topological polar surface area (TPSA) is 263 Å². The second kappa shape index (κ2) is 15.4. The number of esters is 2. The molecule has 3 rings (SSSR count). The van der Waals surface area contributed by atoms with Crippen LogP contribution in [0.2, 0.25) is 0 Å². The number of nitrogens with one attached hydrogen (secondary N) is 3. The fourth-order valence-corrected chi connectivity index (χ4v) is 6.25. The standard InChI is InChI=1S/C24H37N10O10P/c1-7-40-19-16-18(28-23(29-19)27-12-35)34(11-26-16)22-24(6,32-33-25)17(36)15(44-22)10-43-45(39,30-13(4)20(37)41-8-2)31-14(5)21(38)42-9-3/h11-15,17,22,36H,7-10H2,1-6H3,(H2,30,31,39)(H,27,28,29,35)/t13-,14+,15-,17-,22-,24-,45?/m1/s1. The third-order valence-electron chi connectivity index (χ3n) is 6.55. The van der Waals surface area contributed by atoms with Crippen LogP contribution in [0.25, 0.3) is 21.6 Å². The van der Waals surface area contributed by atoms with Crippen molar-refractivity contribution in [1.29, 1.82) is 0 Å². The van der Waals surface area contributed by atoms with Gasteiger partial charge in [0.25, 0.3) is 0 Å². The van der Waals surface area contributed by atoms with Gasteiger partial charge in [-0.05, 0) is 47.1 Å². The SMILES string of the molecule is CCOC(=O)[C@H](C)NP(=O)(N[C@H](C)C(=O)OCC)OC[C@H]1O[C@@H](n2cnc3c(OCC)nc(NC=O)nc32)[C@](C)(N=[N+]=[N-])[C@@H]1O. The van der Waals surface area contributed by atoms with E-state index in [9.17, 15) is 29.6 Å². The number of azide groups is 1. The van der Waals surface area contributed by atoms with Gasteiger partial charge in [0.2, 0.25) is 18.2 Å². The lowest BCUT2D eigenvalue weighted by atomic mass is 9.93. The number of carbonyl (C=O) groups is 3. The lowest BCUT2D eigenvalue weighted by Gasteiger charge is -2.28. The Morgan fingerprint density at radius 2 is 1.82 bits per heavy atom. The van der Waals surface area contributed by atoms with Crippen LogP contribution in [0.5, 0.6) is 5.88 Å². The molecule has 3 heterocycles. The second-order valence-electron chi connectivity index (χ2n) is 9.81. The van der Waals surface area contributed by atoms with Gasteiger partial charge in [-0.1, -0.05) is 5.11 Å². The smallest absolute Gasteiger partial charge is 0.342 e. The molecule has 4 N–H and O–H groups in total. The maximum absolute atomic E-state index is 13.9. The molecule has 0 spiro atoms. The van der Waals surface area contributed by atoms with Crippen LogP contribution in [0, 0.1) is 0 Å². The molecule has 21 heteroatoms. The zero-order valence-electron chi connectivity index (χ0n) is 25.6. The van der Waals surface area contributed by atoms with E-state index in [0.29, 0.717) is 6.41 Å². The summed E-state index contributed by atoms with van der Waals surface area (Å²) in [6.07, 6.45) is -2.41. The maximum Gasteiger partial charge on any atom is 0.342 e. The minimum Gasteiger partial charge on any atom is -0.476 e. The number of aromatic nitrogens is 4. The molecule has 2 aromatic heterocycles. The van der Waals surface area contributed by atoms with Gasteiger partial charge in [-0.25, -0.2) is 15.2 Å². The van der Waals surface area contributed by atoms with Crippen molar-refractivity contribution >= 4 is 43.1 Å². The van der Waals surface area contributed by atoms with E-state index in [2.05, 4.69) is 40.5 Å². The normalized spacial score (nSPS) is 23.8. The van der Waals surface area contributed by atoms with E-state index in [4.69, 9.17) is 23.5 Å². The second-order valence-corrected chi connectivity index (χ2v) is 11.7. The van der Waals surface area contributed by atoms with Gasteiger partial charge in [0.05, 0.1) is 38.9 Å². The fraction of sp³-hybridized carbons (Fsp3) is 0.667. The number of carbonyl (C=O) groups excluding carboxylic acids is 3. The van der Waals surface area contributed by atoms with Crippen molar-refractivity contribution in [3.63, 3.8) is 0 Å². The number of hydrogen-bond donors (Lipinski definition) is 4. The monoisotopic (exact) mass is 656 g/mol. The minimum absolute atomic E-state index is 0.0547. The quantitative estimate of drug-likeness (QED) is 0.0467. The third kappa shape index (κ3) is 8.04. The molecule has 0 aliphatic carbocycles. The van der Waals surface area contributed by atoms with E-state index in [-0.39, 0.29) is 42.8 Å². The van der Waals surface area contributed by atoms with Crippen molar-refractivity contribution in [2.24, 2.45) is 5.11 Å². The van der Waals surface area contributed by atoms with E-state index in [1.165, 1.54) is 31.7 Å². The highest BCUT2D eigenvalue weighted by atomic mass is 31.2. The molecule has 20 nitrogen and oxygen atoms in total. The molecule has 1 amide bonds. The van der Waals surface area contributed by atoms with E-state index < -0.39 is 62.3 Å². The summed E-state index contributed by atoms with van der Waals surface area (Å²) in [6, 6.07) is -2.28. The highest BCUT2D eigenvalue weighted by molar-refractivity contribution is 7.54. The highest BCUT2D eigenvalue weighted by Crippen LogP contribution is 2.46. The molecule has 0 bridgehead atoms. The Morgan fingerprint density at radius 3 is 2.36 bits per heavy atom. The van der Waals surface area contributed by atoms with Gasteiger partial charge in [0.15, 0.2) is 17.4 Å². The summed E-state index contributed by atoms with van der Waals surface area (Å²) < 4.78 is 42.5. The average molecular weight is 657 g/mol. The predicted octanol–water partition coefficient (Wildman–Crippen LogP) is 1.33. The summed E-state index contributed by atoms with van der Waals surface area (Å²) in [5.41, 5.74) is 7.98. The maximum atomic E-state index is 13.9. The molecule has 1 saturated heterocycles. The molecule has 248 valence electrons. The van der Waals surface area contributed by atoms with E-state index in [0.717, 1.165) is 0 Å². The van der Waals surface area contributed by atoms with Gasteiger partial charge in [-0.15, -0.1) is 0 Å². The molecule has 1 aliphatic heterocycles.